The Bertz CT molecular complexity index is 563. The first kappa shape index (κ1) is 15.3. The van der Waals surface area contributed by atoms with Gasteiger partial charge in [-0.3, -0.25) is 4.79 Å². The van der Waals surface area contributed by atoms with E-state index in [1.807, 2.05) is 13.8 Å². The summed E-state index contributed by atoms with van der Waals surface area (Å²) in [4.78, 5) is 23.5. The van der Waals surface area contributed by atoms with Gasteiger partial charge in [0.15, 0.2) is 0 Å². The smallest absolute Gasteiger partial charge is 0.334 e. The van der Waals surface area contributed by atoms with E-state index in [4.69, 9.17) is 14.2 Å². The minimum Gasteiger partial charge on any atom is -0.461 e. The molecule has 2 heterocycles. The van der Waals surface area contributed by atoms with Crippen molar-refractivity contribution in [3.05, 3.63) is 23.8 Å². The van der Waals surface area contributed by atoms with Gasteiger partial charge in [0.1, 0.15) is 18.3 Å². The number of allylic oxidation sites excluding steroid dienone is 1. The van der Waals surface area contributed by atoms with Gasteiger partial charge in [0.25, 0.3) is 0 Å². The topological polar surface area (TPSA) is 65.1 Å². The summed E-state index contributed by atoms with van der Waals surface area (Å²) in [6.45, 7) is 9.30. The Morgan fingerprint density at radius 2 is 2.23 bits per heavy atom. The zero-order valence-electron chi connectivity index (χ0n) is 13.3. The second-order valence-electron chi connectivity index (χ2n) is 6.71. The van der Waals surface area contributed by atoms with Gasteiger partial charge in [0, 0.05) is 18.9 Å². The number of hydrogen-bond donors (Lipinski definition) is 0. The maximum Gasteiger partial charge on any atom is 0.334 e. The Hall–Kier alpha value is -1.62. The molecule has 0 aromatic heterocycles. The number of fused-ring (bicyclic) bond motifs is 3. The molecule has 0 unspecified atom stereocenters. The molecule has 3 aliphatic rings. The van der Waals surface area contributed by atoms with Gasteiger partial charge in [-0.1, -0.05) is 18.2 Å². The zero-order chi connectivity index (χ0) is 16.1. The summed E-state index contributed by atoms with van der Waals surface area (Å²) < 4.78 is 16.8. The molecule has 0 amide bonds. The lowest BCUT2D eigenvalue weighted by atomic mass is 9.82. The Morgan fingerprint density at radius 3 is 2.91 bits per heavy atom. The molecular formula is C17H22O5. The van der Waals surface area contributed by atoms with Crippen molar-refractivity contribution in [3.63, 3.8) is 0 Å². The maximum atomic E-state index is 12.0. The molecule has 5 heteroatoms. The van der Waals surface area contributed by atoms with Crippen LogP contribution in [0.2, 0.25) is 0 Å². The number of hydrogen-bond acceptors (Lipinski definition) is 5. The summed E-state index contributed by atoms with van der Waals surface area (Å²) in [6.07, 6.45) is 3.52. The van der Waals surface area contributed by atoms with Crippen molar-refractivity contribution < 1.29 is 23.8 Å². The van der Waals surface area contributed by atoms with Crippen molar-refractivity contribution in [1.29, 1.82) is 0 Å². The van der Waals surface area contributed by atoms with Gasteiger partial charge in [0.05, 0.1) is 11.5 Å². The number of carbonyl (C=O) groups is 2. The van der Waals surface area contributed by atoms with Gasteiger partial charge < -0.3 is 14.2 Å². The van der Waals surface area contributed by atoms with Crippen LogP contribution >= 0.6 is 0 Å². The van der Waals surface area contributed by atoms with Crippen LogP contribution in [-0.2, 0) is 23.8 Å². The predicted octanol–water partition coefficient (Wildman–Crippen LogP) is 2.30. The van der Waals surface area contributed by atoms with Crippen LogP contribution in [0.1, 0.15) is 40.0 Å². The van der Waals surface area contributed by atoms with Crippen LogP contribution in [0, 0.1) is 5.92 Å². The van der Waals surface area contributed by atoms with Crippen LogP contribution in [0.3, 0.4) is 0 Å². The molecule has 1 aliphatic carbocycles. The van der Waals surface area contributed by atoms with E-state index in [-0.39, 0.29) is 23.6 Å². The van der Waals surface area contributed by atoms with Gasteiger partial charge in [-0.15, -0.1) is 0 Å². The average Bonchev–Trinajstić information content (AvgIpc) is 2.98. The first-order valence-corrected chi connectivity index (χ1v) is 7.72. The molecule has 2 aliphatic heterocycles. The summed E-state index contributed by atoms with van der Waals surface area (Å²) >= 11 is 0. The molecule has 5 nitrogen and oxygen atoms in total. The highest BCUT2D eigenvalue weighted by Gasteiger charge is 2.63. The fourth-order valence-electron chi connectivity index (χ4n) is 3.63. The third-order valence-corrected chi connectivity index (χ3v) is 4.88. The van der Waals surface area contributed by atoms with Crippen molar-refractivity contribution in [3.8, 4) is 0 Å². The van der Waals surface area contributed by atoms with E-state index in [9.17, 15) is 9.59 Å². The van der Waals surface area contributed by atoms with Crippen LogP contribution < -0.4 is 0 Å². The molecule has 5 atom stereocenters. The maximum absolute atomic E-state index is 12.0. The van der Waals surface area contributed by atoms with Crippen LogP contribution in [0.5, 0.6) is 0 Å². The number of carbonyl (C=O) groups excluding carboxylic acids is 2. The summed E-state index contributed by atoms with van der Waals surface area (Å²) in [5.41, 5.74) is 1.24. The highest BCUT2D eigenvalue weighted by molar-refractivity contribution is 5.91. The minimum absolute atomic E-state index is 0.148. The number of esters is 2. The fraction of sp³-hybridized carbons (Fsp3) is 0.647. The monoisotopic (exact) mass is 306 g/mol. The molecule has 22 heavy (non-hydrogen) atoms. The molecule has 0 saturated carbocycles. The number of rotatable bonds is 1. The van der Waals surface area contributed by atoms with Crippen LogP contribution in [-0.4, -0.2) is 35.9 Å². The molecule has 3 rings (SSSR count). The lowest BCUT2D eigenvalue weighted by molar-refractivity contribution is -0.150. The summed E-state index contributed by atoms with van der Waals surface area (Å²) in [6, 6.07) is 0. The lowest BCUT2D eigenvalue weighted by Crippen LogP contribution is -2.38. The Labute approximate surface area is 130 Å². The zero-order valence-corrected chi connectivity index (χ0v) is 13.3. The fourth-order valence-corrected chi connectivity index (χ4v) is 3.63. The molecule has 0 aromatic carbocycles. The van der Waals surface area contributed by atoms with Gasteiger partial charge in [-0.2, -0.15) is 0 Å². The van der Waals surface area contributed by atoms with Crippen molar-refractivity contribution >= 4 is 11.9 Å². The Morgan fingerprint density at radius 1 is 1.50 bits per heavy atom. The van der Waals surface area contributed by atoms with Gasteiger partial charge in [-0.05, 0) is 26.7 Å². The van der Waals surface area contributed by atoms with Gasteiger partial charge >= 0.3 is 11.9 Å². The Balaban J connectivity index is 1.96. The minimum atomic E-state index is -0.441. The first-order valence-electron chi connectivity index (χ1n) is 7.72. The van der Waals surface area contributed by atoms with E-state index >= 15 is 0 Å². The molecule has 0 bridgehead atoms. The molecule has 120 valence electrons. The third kappa shape index (κ3) is 2.58. The first-order chi connectivity index (χ1) is 10.3. The van der Waals surface area contributed by atoms with Crippen molar-refractivity contribution in [2.45, 2.75) is 63.9 Å². The van der Waals surface area contributed by atoms with Gasteiger partial charge in [-0.25, -0.2) is 4.79 Å². The highest BCUT2D eigenvalue weighted by Crippen LogP contribution is 2.50. The molecular weight excluding hydrogens is 284 g/mol. The second-order valence-corrected chi connectivity index (χ2v) is 6.71. The molecule has 0 radical (unpaired) electrons. The van der Waals surface area contributed by atoms with Crippen LogP contribution in [0.15, 0.2) is 23.8 Å². The lowest BCUT2D eigenvalue weighted by Gasteiger charge is -2.27. The van der Waals surface area contributed by atoms with E-state index in [0.29, 0.717) is 12.0 Å². The molecule has 2 fully saturated rings. The van der Waals surface area contributed by atoms with Crippen LogP contribution in [0.4, 0.5) is 0 Å². The second kappa shape index (κ2) is 5.23. The quantitative estimate of drug-likeness (QED) is 0.322. The van der Waals surface area contributed by atoms with E-state index in [1.165, 1.54) is 6.92 Å². The number of epoxide rings is 1. The van der Waals surface area contributed by atoms with E-state index < -0.39 is 18.2 Å². The third-order valence-electron chi connectivity index (χ3n) is 4.88. The standard InChI is InChI=1S/C17H22O5/c1-9-6-5-7-17(4)15(22-17)14-13(10(2)16(19)21-14)12(8-9)20-11(3)18/h6,12-15H,2,5,7-8H2,1,3-4H3/t12-,13-,14+,15+,17-/m1/s1. The van der Waals surface area contributed by atoms with E-state index in [0.717, 1.165) is 18.4 Å². The normalized spacial score (nSPS) is 41.0. The van der Waals surface area contributed by atoms with Crippen molar-refractivity contribution in [2.75, 3.05) is 0 Å². The molecule has 0 aromatic rings. The van der Waals surface area contributed by atoms with E-state index in [2.05, 4.69) is 12.7 Å². The Kier molecular flexibility index (Phi) is 3.63. The molecule has 2 saturated heterocycles. The summed E-state index contributed by atoms with van der Waals surface area (Å²) in [5.74, 6) is -1.12. The average molecular weight is 306 g/mol. The highest BCUT2D eigenvalue weighted by atomic mass is 16.6. The van der Waals surface area contributed by atoms with E-state index in [1.54, 1.807) is 0 Å². The molecule has 0 spiro atoms. The predicted molar refractivity (Wildman–Crippen MR) is 79.0 cm³/mol. The SMILES string of the molecule is C=C1C(=O)O[C@H]2[C@H]1[C@H](OC(C)=O)CC(C)=CCC[C@@]1(C)O[C@@H]21. The largest absolute Gasteiger partial charge is 0.461 e. The molecule has 0 N–H and O–H groups in total. The van der Waals surface area contributed by atoms with Crippen LogP contribution in [0.25, 0.3) is 0 Å². The summed E-state index contributed by atoms with van der Waals surface area (Å²) in [5, 5.41) is 0. The van der Waals surface area contributed by atoms with Gasteiger partial charge in [0.2, 0.25) is 0 Å². The van der Waals surface area contributed by atoms with Crippen molar-refractivity contribution in [2.24, 2.45) is 5.92 Å². The number of ether oxygens (including phenoxy) is 3. The summed E-state index contributed by atoms with van der Waals surface area (Å²) in [7, 11) is 0. The van der Waals surface area contributed by atoms with Crippen molar-refractivity contribution in [1.82, 2.24) is 0 Å².